The number of rotatable bonds is 7. The van der Waals surface area contributed by atoms with Crippen molar-refractivity contribution < 1.29 is 98.5 Å². The first-order valence-corrected chi connectivity index (χ1v) is 15.5. The van der Waals surface area contributed by atoms with Crippen LogP contribution in [0.25, 0.3) is 66.7 Å². The molecule has 0 saturated carbocycles. The van der Waals surface area contributed by atoms with Crippen LogP contribution >= 0.6 is 17.2 Å². The fourth-order valence-electron chi connectivity index (χ4n) is 4.45. The number of carbonyl (C=O) groups excluding carboxylic acids is 4. The molecule has 0 aliphatic heterocycles. The summed E-state index contributed by atoms with van der Waals surface area (Å²) in [4.78, 5) is 54.5. The van der Waals surface area contributed by atoms with Gasteiger partial charge >= 0.3 is 37.1 Å². The predicted molar refractivity (Wildman–Crippen MR) is 186 cm³/mol. The van der Waals surface area contributed by atoms with Crippen molar-refractivity contribution in [2.75, 3.05) is 14.2 Å². The van der Waals surface area contributed by atoms with Crippen LogP contribution in [0.4, 0.5) is 9.59 Å². The van der Waals surface area contributed by atoms with Crippen molar-refractivity contribution in [3.05, 3.63) is 103 Å². The molecule has 0 bridgehead atoms. The van der Waals surface area contributed by atoms with Crippen LogP contribution in [-0.2, 0) is 88.9 Å². The van der Waals surface area contributed by atoms with Crippen LogP contribution in [0.2, 0.25) is 0 Å². The summed E-state index contributed by atoms with van der Waals surface area (Å²) in [6.45, 7) is 4.22. The number of ether oxygens (including phenoxy) is 2. The fraction of sp³-hybridized carbons (Fsp3) is 0.0606. The largest absolute Gasteiger partial charge is 2.00 e. The first-order chi connectivity index (χ1) is 22.6. The number of fused-ring (bicyclic) bond motifs is 2. The number of benzene rings is 4. The van der Waals surface area contributed by atoms with Gasteiger partial charge in [0.2, 0.25) is 12.2 Å². The molecule has 17 heteroatoms. The molecule has 2 atom stereocenters. The third-order valence-electron chi connectivity index (χ3n) is 6.62. The Bertz CT molecular complexity index is 2060. The Hall–Kier alpha value is -3.30. The van der Waals surface area contributed by atoms with Crippen LogP contribution in [0.5, 0.6) is 0 Å². The van der Waals surface area contributed by atoms with Crippen molar-refractivity contribution >= 4 is 74.1 Å². The number of aromatic nitrogens is 4. The summed E-state index contributed by atoms with van der Waals surface area (Å²) in [5, 5.41) is 4.43. The van der Waals surface area contributed by atoms with E-state index in [0.717, 1.165) is 75.0 Å². The maximum Gasteiger partial charge on any atom is 2.00 e. The zero-order chi connectivity index (χ0) is 33.9. The van der Waals surface area contributed by atoms with Gasteiger partial charge in [-0.25, -0.2) is 25.6 Å². The van der Waals surface area contributed by atoms with Crippen LogP contribution in [0.15, 0.2) is 72.9 Å². The second kappa shape index (κ2) is 21.8. The second-order valence-electron chi connectivity index (χ2n) is 9.50. The van der Waals surface area contributed by atoms with Crippen LogP contribution in [0.1, 0.15) is 5.56 Å². The minimum Gasteiger partial charge on any atom is -0.632 e. The van der Waals surface area contributed by atoms with Gasteiger partial charge in [-0.05, 0) is 45.0 Å². The molecular weight excluding hydrogens is 829 g/mol. The average Bonchev–Trinajstić information content (AvgIpc) is 3.74. The standard InChI is InChI=1S/C29H18N4O2P2.2C2H5NO2.2V.Y/c1-17-8-24-11-21(4-5-22(24)12-25(17)27-14-31-29(33-27)37-16-35)18-2-3-20-10-23(7-6-19(20)9-18)26-13-30-28(32-26)36-15-34;2*1-5-2(3)4;;;/h2-13,36-37H,1H2,(H,30,32)(H,31,33);2*1H3,(H2,3,4);;;/q-4;;;2*+2;/p-2. The molecule has 2 amide bonds. The van der Waals surface area contributed by atoms with Crippen molar-refractivity contribution in [3.63, 3.8) is 0 Å². The van der Waals surface area contributed by atoms with E-state index in [1.807, 2.05) is 12.1 Å². The van der Waals surface area contributed by atoms with Crippen LogP contribution in [0.3, 0.4) is 0 Å². The van der Waals surface area contributed by atoms with E-state index in [0.29, 0.717) is 11.1 Å². The number of nitrogens with one attached hydrogen (secondary N) is 4. The molecule has 6 rings (SSSR count). The van der Waals surface area contributed by atoms with Gasteiger partial charge in [0.1, 0.15) is 0 Å². The number of H-pyrrole nitrogens is 2. The Kier molecular flexibility index (Phi) is 19.5. The minimum atomic E-state index is -0.995. The number of nitrogens with zero attached hydrogens (tertiary/aromatic N) is 2. The summed E-state index contributed by atoms with van der Waals surface area (Å²) in [5.41, 5.74) is 19.8. The number of amides is 2. The normalized spacial score (nSPS) is 10.1. The van der Waals surface area contributed by atoms with Gasteiger partial charge in [-0.3, -0.25) is 9.59 Å². The molecule has 0 aliphatic carbocycles. The molecule has 249 valence electrons. The SMILES string of the molecule is COC([NH-])=O.COC([NH-])=O.[CH2-]c1cc2cc(-c3ccc4cc(-c5cnc(P[C-]=O)[nH]5)ccc4c3)ccc2cc1-c1[c-]nc(P[C-]=O)[nH]1.[V+2].[V+2].[Y]. The van der Waals surface area contributed by atoms with Crippen LogP contribution < -0.4 is 11.1 Å². The van der Waals surface area contributed by atoms with E-state index in [9.17, 15) is 19.2 Å². The van der Waals surface area contributed by atoms with E-state index in [4.69, 9.17) is 11.5 Å². The maximum atomic E-state index is 10.7. The van der Waals surface area contributed by atoms with Crippen molar-refractivity contribution in [2.45, 2.75) is 0 Å². The topological polar surface area (TPSA) is 192 Å². The van der Waals surface area contributed by atoms with Gasteiger partial charge in [-0.15, -0.1) is 11.6 Å². The molecular formula is C33H26N6O6P2V2Y-2. The number of carbonyl (C=O) groups is 2. The number of methoxy groups -OCH3 is 2. The van der Waals surface area contributed by atoms with Crippen LogP contribution in [0, 0.1) is 13.1 Å². The molecule has 50 heavy (non-hydrogen) atoms. The monoisotopic (exact) mass is 855 g/mol. The van der Waals surface area contributed by atoms with Gasteiger partial charge in [-0.2, -0.15) is 27.1 Å². The third-order valence-corrected chi connectivity index (χ3v) is 7.79. The fourth-order valence-corrected chi connectivity index (χ4v) is 5.27. The minimum absolute atomic E-state index is 0. The van der Waals surface area contributed by atoms with Crippen molar-refractivity contribution in [1.29, 1.82) is 0 Å². The Morgan fingerprint density at radius 3 is 1.78 bits per heavy atom. The zero-order valence-corrected chi connectivity index (χ0v) is 34.1. The second-order valence-corrected chi connectivity index (χ2v) is 11.4. The van der Waals surface area contributed by atoms with Gasteiger partial charge in [0, 0.05) is 38.3 Å². The molecule has 4 N–H and O–H groups in total. The number of imidazole rings is 2. The maximum absolute atomic E-state index is 10.7. The molecule has 2 heterocycles. The summed E-state index contributed by atoms with van der Waals surface area (Å²) in [5.74, 6) is 0. The molecule has 4 aromatic carbocycles. The number of hydrogen-bond donors (Lipinski definition) is 2. The zero-order valence-electron chi connectivity index (χ0n) is 26.5. The summed E-state index contributed by atoms with van der Waals surface area (Å²) in [6, 6.07) is 27.0. The smallest absolute Gasteiger partial charge is 0.632 e. The van der Waals surface area contributed by atoms with E-state index >= 15 is 0 Å². The summed E-state index contributed by atoms with van der Waals surface area (Å²) in [7, 11) is 2.09. The number of aromatic amines is 2. The number of hydrogen-bond acceptors (Lipinski definition) is 8. The molecule has 2 unspecified atom stereocenters. The van der Waals surface area contributed by atoms with E-state index < -0.39 is 12.2 Å². The van der Waals surface area contributed by atoms with Gasteiger partial charge in [0.15, 0.2) is 0 Å². The van der Waals surface area contributed by atoms with Gasteiger partial charge in [0.25, 0.3) is 0 Å². The van der Waals surface area contributed by atoms with Crippen molar-refractivity contribution in [2.24, 2.45) is 0 Å². The molecule has 6 aromatic rings. The Morgan fingerprint density at radius 2 is 1.24 bits per heavy atom. The molecule has 3 radical (unpaired) electrons. The van der Waals surface area contributed by atoms with E-state index in [1.54, 1.807) is 6.20 Å². The molecule has 0 saturated heterocycles. The Labute approximate surface area is 340 Å². The molecule has 2 aromatic heterocycles. The predicted octanol–water partition coefficient (Wildman–Crippen LogP) is 6.77. The average molecular weight is 855 g/mol. The molecule has 12 nitrogen and oxygen atoms in total. The summed E-state index contributed by atoms with van der Waals surface area (Å²) in [6.07, 6.45) is 2.71. The van der Waals surface area contributed by atoms with Crippen LogP contribution in [-0.4, -0.2) is 58.4 Å². The van der Waals surface area contributed by atoms with Gasteiger partial charge in [-0.1, -0.05) is 59.7 Å². The van der Waals surface area contributed by atoms with Crippen molar-refractivity contribution in [1.82, 2.24) is 19.9 Å². The van der Waals surface area contributed by atoms with Crippen molar-refractivity contribution in [3.8, 4) is 33.6 Å². The quantitative estimate of drug-likeness (QED) is 0.130. The van der Waals surface area contributed by atoms with E-state index in [1.165, 1.54) is 0 Å². The molecule has 0 fully saturated rings. The molecule has 0 aliphatic rings. The van der Waals surface area contributed by atoms with Gasteiger partial charge in [0.05, 0.1) is 31.7 Å². The Morgan fingerprint density at radius 1 is 0.760 bits per heavy atom. The van der Waals surface area contributed by atoms with E-state index in [2.05, 4.69) is 109 Å². The third kappa shape index (κ3) is 12.2. The molecule has 0 spiro atoms. The summed E-state index contributed by atoms with van der Waals surface area (Å²) >= 11 is 0. The first kappa shape index (κ1) is 44.7. The Balaban J connectivity index is 0.000000852. The first-order valence-electron chi connectivity index (χ1n) is 13.5. The van der Waals surface area contributed by atoms with Gasteiger partial charge < -0.3 is 45.5 Å². The van der Waals surface area contributed by atoms with E-state index in [-0.39, 0.29) is 87.0 Å². The summed E-state index contributed by atoms with van der Waals surface area (Å²) < 4.78 is 7.56.